The molecule has 0 radical (unpaired) electrons. The highest BCUT2D eigenvalue weighted by Crippen LogP contribution is 2.34. The van der Waals surface area contributed by atoms with Crippen LogP contribution in [0.4, 0.5) is 0 Å². The fraction of sp³-hybridized carbons (Fsp3) is 0.385. The first-order chi connectivity index (χ1) is 10.0. The van der Waals surface area contributed by atoms with Crippen LogP contribution in [0.3, 0.4) is 0 Å². The predicted octanol–water partition coefficient (Wildman–Crippen LogP) is 1.08. The molecule has 7 nitrogen and oxygen atoms in total. The number of hydrogen-bond donors (Lipinski definition) is 0. The number of rotatable bonds is 5. The van der Waals surface area contributed by atoms with Gasteiger partial charge in [0.25, 0.3) is 0 Å². The fourth-order valence-corrected chi connectivity index (χ4v) is 2.66. The Morgan fingerprint density at radius 3 is 2.90 bits per heavy atom. The Morgan fingerprint density at radius 2 is 2.33 bits per heavy atom. The van der Waals surface area contributed by atoms with E-state index >= 15 is 0 Å². The second kappa shape index (κ2) is 6.68. The molecule has 0 bridgehead atoms. The van der Waals surface area contributed by atoms with E-state index in [-0.39, 0.29) is 13.0 Å². The summed E-state index contributed by atoms with van der Waals surface area (Å²) in [5.74, 6) is -2.13. The van der Waals surface area contributed by atoms with E-state index in [1.807, 2.05) is 0 Å². The standard InChI is InChI=1S/C13H15NO6S/c1-2-19-12(15)8-10-9(11-4-3-7-20-11)5-6-14(13(10)16)21(17)18/h3-7,9-10H,2,8H2,1H3,(H,17,18)/p-1/t9-,10-/m0/s1. The Morgan fingerprint density at radius 1 is 1.57 bits per heavy atom. The van der Waals surface area contributed by atoms with Crippen LogP contribution in [-0.2, 0) is 25.6 Å². The first-order valence-corrected chi connectivity index (χ1v) is 7.37. The van der Waals surface area contributed by atoms with Gasteiger partial charge >= 0.3 is 5.97 Å². The van der Waals surface area contributed by atoms with E-state index in [0.29, 0.717) is 10.1 Å². The molecule has 0 fully saturated rings. The number of carbonyl (C=O) groups is 2. The highest BCUT2D eigenvalue weighted by atomic mass is 32.2. The Bertz CT molecular complexity index is 567. The van der Waals surface area contributed by atoms with Crippen LogP contribution in [0.25, 0.3) is 0 Å². The molecule has 0 aliphatic carbocycles. The van der Waals surface area contributed by atoms with E-state index in [0.717, 1.165) is 0 Å². The minimum atomic E-state index is -2.72. The summed E-state index contributed by atoms with van der Waals surface area (Å²) in [6, 6.07) is 3.33. The molecule has 114 valence electrons. The van der Waals surface area contributed by atoms with Crippen LogP contribution in [-0.4, -0.2) is 31.6 Å². The molecule has 0 saturated heterocycles. The molecule has 3 atom stereocenters. The number of allylic oxidation sites excluding steroid dienone is 1. The average Bonchev–Trinajstić information content (AvgIpc) is 2.94. The average molecular weight is 312 g/mol. The molecule has 1 aromatic rings. The van der Waals surface area contributed by atoms with Crippen molar-refractivity contribution in [1.29, 1.82) is 0 Å². The van der Waals surface area contributed by atoms with Crippen LogP contribution in [0.15, 0.2) is 35.1 Å². The van der Waals surface area contributed by atoms with Crippen molar-refractivity contribution in [2.24, 2.45) is 5.92 Å². The molecule has 1 amide bonds. The summed E-state index contributed by atoms with van der Waals surface area (Å²) in [6.07, 6.45) is 3.93. The van der Waals surface area contributed by atoms with Gasteiger partial charge in [0.15, 0.2) is 0 Å². The molecule has 1 aliphatic rings. The lowest BCUT2D eigenvalue weighted by molar-refractivity contribution is -0.147. The van der Waals surface area contributed by atoms with Gasteiger partial charge in [0.2, 0.25) is 5.91 Å². The van der Waals surface area contributed by atoms with Gasteiger partial charge in [-0.25, -0.2) is 4.31 Å². The van der Waals surface area contributed by atoms with Gasteiger partial charge in [-0.15, -0.1) is 0 Å². The van der Waals surface area contributed by atoms with Gasteiger partial charge in [0.1, 0.15) is 5.76 Å². The van der Waals surface area contributed by atoms with Crippen molar-refractivity contribution in [1.82, 2.24) is 4.31 Å². The molecular formula is C13H14NO6S-. The van der Waals surface area contributed by atoms with Crippen molar-refractivity contribution < 1.29 is 27.5 Å². The lowest BCUT2D eigenvalue weighted by Crippen LogP contribution is -2.40. The number of esters is 1. The zero-order valence-corrected chi connectivity index (χ0v) is 12.1. The maximum absolute atomic E-state index is 12.2. The minimum Gasteiger partial charge on any atom is -0.755 e. The number of ether oxygens (including phenoxy) is 1. The summed E-state index contributed by atoms with van der Waals surface area (Å²) >= 11 is -2.72. The predicted molar refractivity (Wildman–Crippen MR) is 71.1 cm³/mol. The monoisotopic (exact) mass is 312 g/mol. The number of furan rings is 1. The molecule has 2 rings (SSSR count). The van der Waals surface area contributed by atoms with Crippen LogP contribution in [0.1, 0.15) is 25.0 Å². The van der Waals surface area contributed by atoms with Gasteiger partial charge in [0, 0.05) is 12.1 Å². The van der Waals surface area contributed by atoms with E-state index in [1.165, 1.54) is 18.5 Å². The van der Waals surface area contributed by atoms with Crippen LogP contribution in [0.2, 0.25) is 0 Å². The molecule has 21 heavy (non-hydrogen) atoms. The highest BCUT2D eigenvalue weighted by Gasteiger charge is 2.38. The second-order valence-corrected chi connectivity index (χ2v) is 5.21. The third-order valence-electron chi connectivity index (χ3n) is 3.12. The van der Waals surface area contributed by atoms with Gasteiger partial charge < -0.3 is 13.7 Å². The molecule has 0 N–H and O–H groups in total. The molecule has 0 spiro atoms. The lowest BCUT2D eigenvalue weighted by Gasteiger charge is -2.32. The summed E-state index contributed by atoms with van der Waals surface area (Å²) in [4.78, 5) is 23.9. The van der Waals surface area contributed by atoms with Crippen molar-refractivity contribution in [3.63, 3.8) is 0 Å². The Balaban J connectivity index is 2.29. The molecular weight excluding hydrogens is 298 g/mol. The van der Waals surface area contributed by atoms with E-state index < -0.39 is 35.0 Å². The minimum absolute atomic E-state index is 0.193. The fourth-order valence-electron chi connectivity index (χ4n) is 2.21. The molecule has 2 heterocycles. The number of hydrogen-bond acceptors (Lipinski definition) is 6. The van der Waals surface area contributed by atoms with E-state index in [4.69, 9.17) is 9.15 Å². The van der Waals surface area contributed by atoms with Gasteiger partial charge in [-0.1, -0.05) is 6.08 Å². The summed E-state index contributed by atoms with van der Waals surface area (Å²) in [6.45, 7) is 1.85. The first kappa shape index (κ1) is 15.5. The normalized spacial score (nSPS) is 23.1. The summed E-state index contributed by atoms with van der Waals surface area (Å²) < 4.78 is 32.7. The van der Waals surface area contributed by atoms with E-state index in [1.54, 1.807) is 19.1 Å². The summed E-state index contributed by atoms with van der Waals surface area (Å²) in [7, 11) is 0. The molecule has 0 saturated carbocycles. The number of amides is 1. The number of nitrogens with zero attached hydrogens (tertiary/aromatic N) is 1. The van der Waals surface area contributed by atoms with Crippen LogP contribution in [0.5, 0.6) is 0 Å². The second-order valence-electron chi connectivity index (χ2n) is 4.38. The zero-order chi connectivity index (χ0) is 15.4. The van der Waals surface area contributed by atoms with Gasteiger partial charge in [0.05, 0.1) is 36.5 Å². The molecule has 1 aromatic heterocycles. The zero-order valence-electron chi connectivity index (χ0n) is 11.3. The van der Waals surface area contributed by atoms with Crippen molar-refractivity contribution in [3.8, 4) is 0 Å². The third-order valence-corrected chi connectivity index (χ3v) is 3.74. The Kier molecular flexibility index (Phi) is 4.92. The largest absolute Gasteiger partial charge is 0.755 e. The van der Waals surface area contributed by atoms with Gasteiger partial charge in [-0.2, -0.15) is 0 Å². The highest BCUT2D eigenvalue weighted by molar-refractivity contribution is 7.77. The maximum Gasteiger partial charge on any atom is 0.306 e. The lowest BCUT2D eigenvalue weighted by atomic mass is 9.85. The van der Waals surface area contributed by atoms with E-state index in [9.17, 15) is 18.4 Å². The molecule has 1 aliphatic heterocycles. The maximum atomic E-state index is 12.2. The molecule has 8 heteroatoms. The van der Waals surface area contributed by atoms with Crippen molar-refractivity contribution in [2.75, 3.05) is 6.61 Å². The van der Waals surface area contributed by atoms with Crippen LogP contribution >= 0.6 is 0 Å². The summed E-state index contributed by atoms with van der Waals surface area (Å²) in [5.41, 5.74) is 0. The van der Waals surface area contributed by atoms with Crippen molar-refractivity contribution in [2.45, 2.75) is 19.3 Å². The quantitative estimate of drug-likeness (QED) is 0.596. The van der Waals surface area contributed by atoms with Gasteiger partial charge in [-0.3, -0.25) is 13.8 Å². The summed E-state index contributed by atoms with van der Waals surface area (Å²) in [5, 5.41) is 0. The Labute approximate surface area is 124 Å². The topological polar surface area (TPSA) is 99.9 Å². The molecule has 0 aromatic carbocycles. The van der Waals surface area contributed by atoms with Crippen molar-refractivity contribution in [3.05, 3.63) is 36.4 Å². The first-order valence-electron chi connectivity index (χ1n) is 6.34. The third kappa shape index (κ3) is 3.40. The van der Waals surface area contributed by atoms with Crippen LogP contribution < -0.4 is 0 Å². The van der Waals surface area contributed by atoms with Gasteiger partial charge in [-0.05, 0) is 19.1 Å². The smallest absolute Gasteiger partial charge is 0.306 e. The van der Waals surface area contributed by atoms with E-state index in [2.05, 4.69) is 0 Å². The molecule has 1 unspecified atom stereocenters. The van der Waals surface area contributed by atoms with Crippen molar-refractivity contribution >= 4 is 23.1 Å². The van der Waals surface area contributed by atoms with Crippen LogP contribution in [0, 0.1) is 5.92 Å². The number of carbonyl (C=O) groups excluding carboxylic acids is 2. The SMILES string of the molecule is CCOC(=O)C[C@@H]1C(=O)N(S(=O)[O-])C=C[C@@H]1c1ccco1. The Hall–Kier alpha value is -1.93.